The molecule has 94 valence electrons. The number of aliphatic hydroxyl groups excluding tert-OH is 1. The van der Waals surface area contributed by atoms with E-state index in [1.54, 1.807) is 12.2 Å². The van der Waals surface area contributed by atoms with Crippen LogP contribution in [0.2, 0.25) is 0 Å². The fourth-order valence-corrected chi connectivity index (χ4v) is 3.01. The molecular formula is C11H14O6. The Labute approximate surface area is 97.8 Å². The van der Waals surface area contributed by atoms with Crippen LogP contribution >= 0.6 is 0 Å². The summed E-state index contributed by atoms with van der Waals surface area (Å²) in [5, 5.41) is 20.1. The third kappa shape index (κ3) is 1.38. The van der Waals surface area contributed by atoms with E-state index in [1.165, 1.54) is 7.11 Å². The second-order valence-corrected chi connectivity index (χ2v) is 4.71. The lowest BCUT2D eigenvalue weighted by molar-refractivity contribution is -0.280. The fourth-order valence-electron chi connectivity index (χ4n) is 3.01. The predicted octanol–water partition coefficient (Wildman–Crippen LogP) is -0.986. The van der Waals surface area contributed by atoms with E-state index in [0.29, 0.717) is 0 Å². The van der Waals surface area contributed by atoms with Crippen molar-refractivity contribution in [3.63, 3.8) is 0 Å². The Balaban J connectivity index is 1.95. The van der Waals surface area contributed by atoms with Gasteiger partial charge in [-0.2, -0.15) is 0 Å². The molecule has 0 aromatic carbocycles. The summed E-state index contributed by atoms with van der Waals surface area (Å²) >= 11 is 0. The number of hydrogen-bond acceptors (Lipinski definition) is 6. The highest BCUT2D eigenvalue weighted by molar-refractivity contribution is 5.74. The van der Waals surface area contributed by atoms with Crippen molar-refractivity contribution in [2.24, 2.45) is 17.8 Å². The van der Waals surface area contributed by atoms with Gasteiger partial charge in [0.1, 0.15) is 11.5 Å². The second-order valence-electron chi connectivity index (χ2n) is 4.71. The van der Waals surface area contributed by atoms with E-state index in [9.17, 15) is 15.0 Å². The van der Waals surface area contributed by atoms with E-state index in [4.69, 9.17) is 9.47 Å². The summed E-state index contributed by atoms with van der Waals surface area (Å²) in [7, 11) is 1.26. The van der Waals surface area contributed by atoms with Gasteiger partial charge in [0.15, 0.2) is 12.6 Å². The van der Waals surface area contributed by atoms with Crippen molar-refractivity contribution >= 4 is 5.97 Å². The monoisotopic (exact) mass is 242 g/mol. The zero-order valence-electron chi connectivity index (χ0n) is 9.28. The van der Waals surface area contributed by atoms with Gasteiger partial charge in [0, 0.05) is 5.92 Å². The van der Waals surface area contributed by atoms with Gasteiger partial charge in [0.25, 0.3) is 0 Å². The molecule has 0 aromatic heterocycles. The maximum Gasteiger partial charge on any atom is 0.314 e. The number of rotatable bonds is 1. The third-order valence-electron chi connectivity index (χ3n) is 3.84. The van der Waals surface area contributed by atoms with E-state index >= 15 is 0 Å². The number of hydrogen-bond donors (Lipinski definition) is 2. The molecule has 0 saturated carbocycles. The maximum atomic E-state index is 11.6. The molecule has 6 atom stereocenters. The summed E-state index contributed by atoms with van der Waals surface area (Å²) in [5.74, 6) is -2.02. The molecule has 0 spiro atoms. The number of methoxy groups -OCH3 is 1. The van der Waals surface area contributed by atoms with E-state index in [1.807, 2.05) is 0 Å². The largest absolute Gasteiger partial charge is 0.469 e. The molecule has 3 aliphatic rings. The van der Waals surface area contributed by atoms with Gasteiger partial charge in [-0.1, -0.05) is 12.2 Å². The average molecular weight is 242 g/mol. The number of carbonyl (C=O) groups excluding carboxylic acids is 1. The van der Waals surface area contributed by atoms with Gasteiger partial charge in [-0.15, -0.1) is 0 Å². The first-order valence-corrected chi connectivity index (χ1v) is 5.51. The Bertz CT molecular complexity index is 380. The van der Waals surface area contributed by atoms with Gasteiger partial charge in [-0.25, -0.2) is 0 Å². The number of esters is 1. The van der Waals surface area contributed by atoms with Gasteiger partial charge >= 0.3 is 5.97 Å². The van der Waals surface area contributed by atoms with Crippen LogP contribution in [0.25, 0.3) is 0 Å². The standard InChI is InChI=1S/C11H14O6/c1-15-8(12)6-5-2-3-11(14)4-16-10(7(5)11)17-9(6)13/h2-3,5-7,9-10,13-14H,4H2,1H3/t5-,6-,7-,9-,10+,11-/m1/s1. The minimum absolute atomic E-state index is 0.121. The van der Waals surface area contributed by atoms with Crippen LogP contribution in [-0.4, -0.2) is 48.1 Å². The van der Waals surface area contributed by atoms with Crippen LogP contribution in [0.5, 0.6) is 0 Å². The molecule has 0 aromatic rings. The molecule has 6 heteroatoms. The summed E-state index contributed by atoms with van der Waals surface area (Å²) in [6.45, 7) is 0.121. The number of allylic oxidation sites excluding steroid dienone is 1. The zero-order chi connectivity index (χ0) is 12.2. The maximum absolute atomic E-state index is 11.6. The lowest BCUT2D eigenvalue weighted by Gasteiger charge is -2.39. The second kappa shape index (κ2) is 3.52. The van der Waals surface area contributed by atoms with Crippen LogP contribution in [0, 0.1) is 17.8 Å². The van der Waals surface area contributed by atoms with Crippen molar-refractivity contribution in [1.29, 1.82) is 0 Å². The van der Waals surface area contributed by atoms with Crippen molar-refractivity contribution < 1.29 is 29.2 Å². The van der Waals surface area contributed by atoms with E-state index in [0.717, 1.165) is 0 Å². The topological polar surface area (TPSA) is 85.2 Å². The molecule has 2 N–H and O–H groups in total. The molecule has 3 rings (SSSR count). The summed E-state index contributed by atoms with van der Waals surface area (Å²) in [6.07, 6.45) is 1.43. The van der Waals surface area contributed by atoms with Crippen molar-refractivity contribution in [2.45, 2.75) is 18.2 Å². The smallest absolute Gasteiger partial charge is 0.314 e. The van der Waals surface area contributed by atoms with Crippen LogP contribution in [0.4, 0.5) is 0 Å². The van der Waals surface area contributed by atoms with Crippen LogP contribution in [0.15, 0.2) is 12.2 Å². The molecule has 0 bridgehead atoms. The number of ether oxygens (including phenoxy) is 3. The molecule has 0 amide bonds. The lowest BCUT2D eigenvalue weighted by atomic mass is 9.77. The minimum atomic E-state index is -1.27. The summed E-state index contributed by atoms with van der Waals surface area (Å²) in [4.78, 5) is 11.6. The van der Waals surface area contributed by atoms with Gasteiger partial charge in [0.2, 0.25) is 0 Å². The van der Waals surface area contributed by atoms with Crippen LogP contribution in [0.1, 0.15) is 0 Å². The Morgan fingerprint density at radius 1 is 1.59 bits per heavy atom. The van der Waals surface area contributed by atoms with Gasteiger partial charge in [-0.3, -0.25) is 4.79 Å². The minimum Gasteiger partial charge on any atom is -0.469 e. The summed E-state index contributed by atoms with van der Waals surface area (Å²) in [5.41, 5.74) is -1.10. The van der Waals surface area contributed by atoms with Crippen molar-refractivity contribution in [3.8, 4) is 0 Å². The highest BCUT2D eigenvalue weighted by Crippen LogP contribution is 2.50. The summed E-state index contributed by atoms with van der Waals surface area (Å²) < 4.78 is 15.2. The van der Waals surface area contributed by atoms with Crippen molar-refractivity contribution in [1.82, 2.24) is 0 Å². The average Bonchev–Trinajstić information content (AvgIpc) is 2.80. The predicted molar refractivity (Wildman–Crippen MR) is 53.4 cm³/mol. The van der Waals surface area contributed by atoms with Crippen molar-refractivity contribution in [3.05, 3.63) is 12.2 Å². The SMILES string of the molecule is COC(=O)[C@H]1[C@H]2C=C[C@@]3(O)CO[C@@H](O[C@H]1O)[C@@H]23. The lowest BCUT2D eigenvalue weighted by Crippen LogP contribution is -2.51. The van der Waals surface area contributed by atoms with Gasteiger partial charge in [0.05, 0.1) is 19.6 Å². The van der Waals surface area contributed by atoms with Crippen LogP contribution in [-0.2, 0) is 19.0 Å². The molecule has 1 aliphatic carbocycles. The Hall–Kier alpha value is -0.950. The Morgan fingerprint density at radius 2 is 2.35 bits per heavy atom. The molecule has 2 heterocycles. The van der Waals surface area contributed by atoms with E-state index in [2.05, 4.69) is 4.74 Å². The van der Waals surface area contributed by atoms with Gasteiger partial charge in [-0.05, 0) is 0 Å². The Morgan fingerprint density at radius 3 is 3.06 bits per heavy atom. The first-order chi connectivity index (χ1) is 8.07. The first-order valence-electron chi connectivity index (χ1n) is 5.51. The van der Waals surface area contributed by atoms with Crippen LogP contribution < -0.4 is 0 Å². The van der Waals surface area contributed by atoms with Gasteiger partial charge < -0.3 is 24.4 Å². The molecule has 0 unspecified atom stereocenters. The molecule has 2 fully saturated rings. The fraction of sp³-hybridized carbons (Fsp3) is 0.727. The third-order valence-corrected chi connectivity index (χ3v) is 3.84. The molecule has 2 aliphatic heterocycles. The Kier molecular flexibility index (Phi) is 2.31. The highest BCUT2D eigenvalue weighted by atomic mass is 16.7. The number of carbonyl (C=O) groups is 1. The van der Waals surface area contributed by atoms with Crippen molar-refractivity contribution in [2.75, 3.05) is 13.7 Å². The summed E-state index contributed by atoms with van der Waals surface area (Å²) in [6, 6.07) is 0. The first kappa shape index (κ1) is 11.2. The molecule has 17 heavy (non-hydrogen) atoms. The van der Waals surface area contributed by atoms with Crippen LogP contribution in [0.3, 0.4) is 0 Å². The normalized spacial score (nSPS) is 51.4. The van der Waals surface area contributed by atoms with E-state index in [-0.39, 0.29) is 18.4 Å². The molecule has 2 saturated heterocycles. The highest BCUT2D eigenvalue weighted by Gasteiger charge is 2.61. The molecule has 0 radical (unpaired) electrons. The molecular weight excluding hydrogens is 228 g/mol. The quantitative estimate of drug-likeness (QED) is 0.454. The zero-order valence-corrected chi connectivity index (χ0v) is 9.28. The van der Waals surface area contributed by atoms with E-state index < -0.39 is 30.1 Å². The molecule has 6 nitrogen and oxygen atoms in total. The number of aliphatic hydroxyl groups is 2.